The van der Waals surface area contributed by atoms with E-state index >= 15 is 0 Å². The Bertz CT molecular complexity index is 370. The number of unbranched alkanes of at least 4 members (excludes halogenated alkanes) is 25. The van der Waals surface area contributed by atoms with Gasteiger partial charge in [0.15, 0.2) is 0 Å². The second kappa shape index (κ2) is 32.5. The van der Waals surface area contributed by atoms with Gasteiger partial charge in [-0.2, -0.15) is 7.82 Å². The summed E-state index contributed by atoms with van der Waals surface area (Å²) in [6.07, 6.45) is 38.7. The molecule has 0 fully saturated rings. The van der Waals surface area contributed by atoms with E-state index in [-0.39, 0.29) is 0 Å². The van der Waals surface area contributed by atoms with Crippen LogP contribution in [0.1, 0.15) is 174 Å². The van der Waals surface area contributed by atoms with Crippen molar-refractivity contribution in [2.45, 2.75) is 176 Å². The maximum atomic E-state index is 8.55. The van der Waals surface area contributed by atoms with Gasteiger partial charge in [0.25, 0.3) is 0 Å². The summed E-state index contributed by atoms with van der Waals surface area (Å²) in [5, 5.41) is 0. The van der Waals surface area contributed by atoms with Gasteiger partial charge in [-0.05, 0) is 0 Å². The van der Waals surface area contributed by atoms with E-state index in [1.807, 2.05) is 0 Å². The predicted octanol–water partition coefficient (Wildman–Crippen LogP) is 8.29. The molecule has 0 N–H and O–H groups in total. The molecule has 0 aromatic rings. The summed E-state index contributed by atoms with van der Waals surface area (Å²) in [5.41, 5.74) is 0. The normalized spacial score (nSPS) is 11.5. The third kappa shape index (κ3) is 46.8. The Hall–Kier alpha value is 1.46. The van der Waals surface area contributed by atoms with Crippen LogP contribution in [0.5, 0.6) is 0 Å². The molecule has 4 nitrogen and oxygen atoms in total. The molecular formula is C28H57NdO4P. The fourth-order valence-corrected chi connectivity index (χ4v) is 5.24. The first-order valence-electron chi connectivity index (χ1n) is 14.8. The summed E-state index contributed by atoms with van der Waals surface area (Å²) in [6.45, 7) is 2.31. The van der Waals surface area contributed by atoms with Gasteiger partial charge in [-0.15, -0.1) is 0 Å². The molecule has 0 spiro atoms. The molecule has 0 rings (SSSR count). The second-order valence-electron chi connectivity index (χ2n) is 10.0. The standard InChI is InChI=1S/C28H57.Nd.H3O4P/c1-3-5-7-9-11-13-15-17-19-21-23-25-27-28-26-24-22-20-18-16-14-12-10-8-6-4-2;;1-5(2,3)4/h1,3-28H2,2H3;;(H3,1,2,3,4)/q;+3;/p-3. The first-order chi connectivity index (χ1) is 16.4. The van der Waals surface area contributed by atoms with E-state index in [0.717, 1.165) is 0 Å². The molecule has 0 unspecified atom stereocenters. The molecule has 0 atom stereocenters. The van der Waals surface area contributed by atoms with Crippen molar-refractivity contribution in [2.75, 3.05) is 0 Å². The van der Waals surface area contributed by atoms with Gasteiger partial charge in [-0.3, -0.25) is 0 Å². The summed E-state index contributed by atoms with van der Waals surface area (Å²) in [7, 11) is -5.39. The van der Waals surface area contributed by atoms with Gasteiger partial charge in [0.1, 0.15) is 0 Å². The van der Waals surface area contributed by atoms with Crippen LogP contribution in [-0.2, 0) is 4.57 Å². The minimum atomic E-state index is -5.39. The van der Waals surface area contributed by atoms with Crippen LogP contribution in [0, 0.1) is 38.8 Å². The molecule has 0 saturated carbocycles. The minimum absolute atomic E-state index is 1.38. The molecule has 0 saturated heterocycles. The number of hydrogen-bond donors (Lipinski definition) is 0. The zero-order valence-electron chi connectivity index (χ0n) is 22.7. The molecule has 0 bridgehead atoms. The summed E-state index contributed by atoms with van der Waals surface area (Å²) >= 11 is 1.41. The summed E-state index contributed by atoms with van der Waals surface area (Å²) in [4.78, 5) is 25.6. The van der Waals surface area contributed by atoms with Crippen molar-refractivity contribution in [1.82, 2.24) is 0 Å². The van der Waals surface area contributed by atoms with Crippen molar-refractivity contribution in [1.29, 1.82) is 0 Å². The SMILES string of the molecule is CCCCCCCCCCCCCCCCCCCCCCCCCCC[CH2][Nd+3].O=P([O-])([O-])[O-]. The third-order valence-corrected chi connectivity index (χ3v) is 7.66. The Balaban J connectivity index is 0. The zero-order valence-corrected chi connectivity index (χ0v) is 26.8. The maximum absolute atomic E-state index is 8.55. The molecule has 34 heavy (non-hydrogen) atoms. The van der Waals surface area contributed by atoms with Crippen LogP contribution in [0.2, 0.25) is 2.07 Å². The predicted molar refractivity (Wildman–Crippen MR) is 138 cm³/mol. The molecule has 202 valence electrons. The van der Waals surface area contributed by atoms with Gasteiger partial charge >= 0.3 is 111 Å². The molecule has 0 aliphatic rings. The molecule has 0 aromatic carbocycles. The monoisotopic (exact) mass is 630 g/mol. The van der Waals surface area contributed by atoms with E-state index in [2.05, 4.69) is 6.92 Å². The van der Waals surface area contributed by atoms with Gasteiger partial charge in [-0.1, -0.05) is 103 Å². The van der Waals surface area contributed by atoms with Gasteiger partial charge in [-0.25, -0.2) is 0 Å². The van der Waals surface area contributed by atoms with Gasteiger partial charge < -0.3 is 19.2 Å². The Morgan fingerprint density at radius 1 is 0.412 bits per heavy atom. The maximum Gasteiger partial charge on any atom is -0.159 e. The second-order valence-corrected chi connectivity index (χ2v) is 12.5. The van der Waals surface area contributed by atoms with Crippen molar-refractivity contribution in [2.24, 2.45) is 0 Å². The fourth-order valence-electron chi connectivity index (χ4n) is 4.44. The van der Waals surface area contributed by atoms with Crippen LogP contribution >= 0.6 is 7.82 Å². The largest absolute Gasteiger partial charge is 0.822 e. The molecule has 0 aromatic heterocycles. The van der Waals surface area contributed by atoms with Crippen LogP contribution in [0.15, 0.2) is 0 Å². The molecule has 0 radical (unpaired) electrons. The first-order valence-corrected chi connectivity index (χ1v) is 18.5. The molecule has 6 heteroatoms. The summed E-state index contributed by atoms with van der Waals surface area (Å²) in [5.74, 6) is 0. The van der Waals surface area contributed by atoms with Crippen molar-refractivity contribution in [3.05, 3.63) is 0 Å². The number of rotatable bonds is 26. The van der Waals surface area contributed by atoms with E-state index in [9.17, 15) is 0 Å². The average molecular weight is 633 g/mol. The first kappa shape index (κ1) is 37.6. The van der Waals surface area contributed by atoms with E-state index in [4.69, 9.17) is 19.2 Å². The molecule has 0 heterocycles. The number of phosphoric acid groups is 1. The molecule has 0 aliphatic carbocycles. The number of hydrogen-bond acceptors (Lipinski definition) is 4. The smallest absolute Gasteiger partial charge is 0.159 e. The van der Waals surface area contributed by atoms with Crippen LogP contribution < -0.4 is 14.7 Å². The van der Waals surface area contributed by atoms with Crippen molar-refractivity contribution < 1.29 is 58.0 Å². The van der Waals surface area contributed by atoms with Crippen molar-refractivity contribution in [3.63, 3.8) is 0 Å². The van der Waals surface area contributed by atoms with E-state index in [1.54, 1.807) is 0 Å². The Labute approximate surface area is 240 Å². The Kier molecular flexibility index (Phi) is 35.9. The zero-order chi connectivity index (χ0) is 25.6. The summed E-state index contributed by atoms with van der Waals surface area (Å²) in [6, 6.07) is 0. The Morgan fingerprint density at radius 3 is 0.706 bits per heavy atom. The average Bonchev–Trinajstić information content (AvgIpc) is 2.78. The van der Waals surface area contributed by atoms with Gasteiger partial charge in [0.2, 0.25) is 0 Å². The van der Waals surface area contributed by atoms with Crippen LogP contribution in [0.4, 0.5) is 0 Å². The third-order valence-electron chi connectivity index (χ3n) is 6.53. The van der Waals surface area contributed by atoms with E-state index in [1.165, 1.54) is 208 Å². The molecular weight excluding hydrogens is 576 g/mol. The quantitative estimate of drug-likeness (QED) is 0.0709. The van der Waals surface area contributed by atoms with Crippen LogP contribution in [0.3, 0.4) is 0 Å². The molecule has 0 aliphatic heterocycles. The Morgan fingerprint density at radius 2 is 0.559 bits per heavy atom. The molecule has 0 amide bonds. The fraction of sp³-hybridized carbons (Fsp3) is 1.00. The van der Waals surface area contributed by atoms with Gasteiger partial charge in [0.05, 0.1) is 0 Å². The van der Waals surface area contributed by atoms with Crippen molar-refractivity contribution in [3.8, 4) is 0 Å². The topological polar surface area (TPSA) is 86.2 Å². The summed E-state index contributed by atoms with van der Waals surface area (Å²) < 4.78 is 10.1. The van der Waals surface area contributed by atoms with Crippen LogP contribution in [-0.4, -0.2) is 0 Å². The van der Waals surface area contributed by atoms with Crippen LogP contribution in [0.25, 0.3) is 0 Å². The van der Waals surface area contributed by atoms with Crippen molar-refractivity contribution >= 4 is 7.82 Å². The van der Waals surface area contributed by atoms with E-state index in [0.29, 0.717) is 0 Å². The van der Waals surface area contributed by atoms with E-state index < -0.39 is 7.82 Å². The van der Waals surface area contributed by atoms with Gasteiger partial charge in [0, 0.05) is 0 Å². The minimum Gasteiger partial charge on any atom is -0.822 e.